The van der Waals surface area contributed by atoms with E-state index in [1.54, 1.807) is 0 Å². The van der Waals surface area contributed by atoms with E-state index in [9.17, 15) is 5.11 Å². The molecule has 3 rings (SSSR count). The van der Waals surface area contributed by atoms with Gasteiger partial charge in [-0.2, -0.15) is 0 Å². The summed E-state index contributed by atoms with van der Waals surface area (Å²) in [4.78, 5) is 2.05. The summed E-state index contributed by atoms with van der Waals surface area (Å²) < 4.78 is 17.0. The predicted octanol–water partition coefficient (Wildman–Crippen LogP) is 3.67. The molecular formula is C21H29NO4. The zero-order valence-electron chi connectivity index (χ0n) is 15.9. The first-order valence-corrected chi connectivity index (χ1v) is 9.36. The highest BCUT2D eigenvalue weighted by Crippen LogP contribution is 2.47. The van der Waals surface area contributed by atoms with Gasteiger partial charge in [-0.1, -0.05) is 6.92 Å². The first kappa shape index (κ1) is 18.8. The van der Waals surface area contributed by atoms with E-state index >= 15 is 0 Å². The Bertz CT molecular complexity index is 682. The van der Waals surface area contributed by atoms with Crippen LogP contribution in [0.3, 0.4) is 0 Å². The van der Waals surface area contributed by atoms with Crippen molar-refractivity contribution in [2.45, 2.75) is 38.8 Å². The zero-order chi connectivity index (χ0) is 18.5. The van der Waals surface area contributed by atoms with Gasteiger partial charge in [0.2, 0.25) is 0 Å². The Morgan fingerprint density at radius 1 is 1.15 bits per heavy atom. The van der Waals surface area contributed by atoms with Crippen molar-refractivity contribution >= 4 is 0 Å². The van der Waals surface area contributed by atoms with Crippen LogP contribution in [-0.4, -0.2) is 42.9 Å². The first-order chi connectivity index (χ1) is 12.5. The number of nitrogens with zero attached hydrogens (tertiary/aromatic N) is 1. The second kappa shape index (κ2) is 8.60. The van der Waals surface area contributed by atoms with Crippen molar-refractivity contribution in [3.63, 3.8) is 0 Å². The van der Waals surface area contributed by atoms with Crippen LogP contribution in [0.25, 0.3) is 0 Å². The molecule has 1 saturated carbocycles. The van der Waals surface area contributed by atoms with Crippen LogP contribution in [0.4, 0.5) is 0 Å². The van der Waals surface area contributed by atoms with Gasteiger partial charge in [0.25, 0.3) is 0 Å². The molecule has 5 nitrogen and oxygen atoms in total. The fourth-order valence-electron chi connectivity index (χ4n) is 3.13. The van der Waals surface area contributed by atoms with E-state index in [0.717, 1.165) is 28.9 Å². The number of rotatable bonds is 10. The van der Waals surface area contributed by atoms with E-state index in [1.165, 1.54) is 6.42 Å². The molecule has 142 valence electrons. The zero-order valence-corrected chi connectivity index (χ0v) is 15.9. The van der Waals surface area contributed by atoms with Crippen molar-refractivity contribution in [3.05, 3.63) is 47.9 Å². The molecule has 1 aliphatic carbocycles. The van der Waals surface area contributed by atoms with E-state index in [-0.39, 0.29) is 6.61 Å². The Morgan fingerprint density at radius 3 is 2.42 bits per heavy atom. The van der Waals surface area contributed by atoms with Gasteiger partial charge in [-0.05, 0) is 62.7 Å². The van der Waals surface area contributed by atoms with Crippen LogP contribution in [0.1, 0.15) is 37.7 Å². The van der Waals surface area contributed by atoms with Crippen molar-refractivity contribution in [2.75, 3.05) is 26.8 Å². The van der Waals surface area contributed by atoms with Crippen molar-refractivity contribution in [1.82, 2.24) is 4.90 Å². The van der Waals surface area contributed by atoms with Crippen LogP contribution in [-0.2, 0) is 6.54 Å². The maximum atomic E-state index is 10.2. The second-order valence-electron chi connectivity index (χ2n) is 7.19. The maximum absolute atomic E-state index is 10.2. The summed E-state index contributed by atoms with van der Waals surface area (Å²) in [7, 11) is 1.97. The van der Waals surface area contributed by atoms with Gasteiger partial charge in [0.05, 0.1) is 13.2 Å². The molecule has 26 heavy (non-hydrogen) atoms. The Labute approximate surface area is 155 Å². The van der Waals surface area contributed by atoms with Crippen LogP contribution in [0, 0.1) is 5.92 Å². The molecule has 1 aliphatic rings. The summed E-state index contributed by atoms with van der Waals surface area (Å²) in [6.45, 7) is 6.30. The number of hydrogen-bond donors (Lipinski definition) is 1. The van der Waals surface area contributed by atoms with E-state index < -0.39 is 6.10 Å². The summed E-state index contributed by atoms with van der Waals surface area (Å²) >= 11 is 0. The molecule has 0 spiro atoms. The van der Waals surface area contributed by atoms with E-state index in [2.05, 4.69) is 13.0 Å². The number of benzene rings is 1. The van der Waals surface area contributed by atoms with Crippen LogP contribution in [0.15, 0.2) is 40.8 Å². The molecule has 0 saturated heterocycles. The minimum absolute atomic E-state index is 0.251. The number of likely N-dealkylation sites (N-methyl/N-ethyl adjacent to an activating group) is 1. The smallest absolute Gasteiger partial charge is 0.119 e. The third-order valence-corrected chi connectivity index (χ3v) is 4.68. The minimum atomic E-state index is -0.565. The summed E-state index contributed by atoms with van der Waals surface area (Å²) in [5, 5.41) is 10.2. The number of aliphatic hydroxyl groups excluding tert-OH is 1. The van der Waals surface area contributed by atoms with Gasteiger partial charge in [0, 0.05) is 12.5 Å². The normalized spacial score (nSPS) is 20.2. The molecule has 1 fully saturated rings. The molecule has 1 aromatic heterocycles. The lowest BCUT2D eigenvalue weighted by Gasteiger charge is -2.20. The van der Waals surface area contributed by atoms with Gasteiger partial charge in [-0.3, -0.25) is 4.90 Å². The van der Waals surface area contributed by atoms with Gasteiger partial charge in [-0.25, -0.2) is 0 Å². The van der Waals surface area contributed by atoms with E-state index in [4.69, 9.17) is 13.9 Å². The quantitative estimate of drug-likeness (QED) is 0.701. The standard InChI is InChI=1S/C21H29NO4/c1-4-24-17-5-7-18(8-6-17)25-14-16(23)12-22(3)13-19-9-10-21(26-19)20-11-15(20)2/h5-10,15-16,20,23H,4,11-14H2,1-3H3/t15-,16-,20-/m1/s1. The molecule has 3 atom stereocenters. The van der Waals surface area contributed by atoms with Crippen LogP contribution in [0.5, 0.6) is 11.5 Å². The number of hydrogen-bond acceptors (Lipinski definition) is 5. The average molecular weight is 359 g/mol. The largest absolute Gasteiger partial charge is 0.494 e. The van der Waals surface area contributed by atoms with Crippen molar-refractivity contribution < 1.29 is 19.0 Å². The fraction of sp³-hybridized carbons (Fsp3) is 0.524. The molecule has 1 aromatic carbocycles. The lowest BCUT2D eigenvalue weighted by atomic mass is 10.3. The molecule has 5 heteroatoms. The lowest BCUT2D eigenvalue weighted by molar-refractivity contribution is 0.0724. The number of ether oxygens (including phenoxy) is 2. The fourth-order valence-corrected chi connectivity index (χ4v) is 3.13. The molecule has 1 N–H and O–H groups in total. The monoisotopic (exact) mass is 359 g/mol. The van der Waals surface area contributed by atoms with Gasteiger partial charge >= 0.3 is 0 Å². The highest BCUT2D eigenvalue weighted by atomic mass is 16.5. The summed E-state index contributed by atoms with van der Waals surface area (Å²) in [5.74, 6) is 4.93. The molecule has 0 amide bonds. The van der Waals surface area contributed by atoms with E-state index in [1.807, 2.05) is 49.2 Å². The molecule has 0 bridgehead atoms. The van der Waals surface area contributed by atoms with Gasteiger partial charge in [0.15, 0.2) is 0 Å². The van der Waals surface area contributed by atoms with Gasteiger partial charge < -0.3 is 19.0 Å². The van der Waals surface area contributed by atoms with Crippen LogP contribution < -0.4 is 9.47 Å². The Kier molecular flexibility index (Phi) is 6.22. The van der Waals surface area contributed by atoms with Crippen molar-refractivity contribution in [2.24, 2.45) is 5.92 Å². The van der Waals surface area contributed by atoms with Crippen LogP contribution >= 0.6 is 0 Å². The minimum Gasteiger partial charge on any atom is -0.494 e. The first-order valence-electron chi connectivity index (χ1n) is 9.36. The highest BCUT2D eigenvalue weighted by molar-refractivity contribution is 5.31. The molecular weight excluding hydrogens is 330 g/mol. The third-order valence-electron chi connectivity index (χ3n) is 4.68. The maximum Gasteiger partial charge on any atom is 0.119 e. The Hall–Kier alpha value is -1.98. The Morgan fingerprint density at radius 2 is 1.81 bits per heavy atom. The summed E-state index contributed by atoms with van der Waals surface area (Å²) in [6, 6.07) is 11.6. The molecule has 0 unspecified atom stereocenters. The summed E-state index contributed by atoms with van der Waals surface area (Å²) in [6.07, 6.45) is 0.661. The van der Waals surface area contributed by atoms with Crippen molar-refractivity contribution in [1.29, 1.82) is 0 Å². The molecule has 0 radical (unpaired) electrons. The molecule has 1 heterocycles. The summed E-state index contributed by atoms with van der Waals surface area (Å²) in [5.41, 5.74) is 0. The number of furan rings is 1. The van der Waals surface area contributed by atoms with E-state index in [0.29, 0.717) is 25.6 Å². The predicted molar refractivity (Wildman–Crippen MR) is 101 cm³/mol. The molecule has 2 aromatic rings. The van der Waals surface area contributed by atoms with Crippen molar-refractivity contribution in [3.8, 4) is 11.5 Å². The Balaban J connectivity index is 1.39. The topological polar surface area (TPSA) is 55.1 Å². The van der Waals surface area contributed by atoms with Gasteiger partial charge in [-0.15, -0.1) is 0 Å². The third kappa shape index (κ3) is 5.26. The number of aliphatic hydroxyl groups is 1. The van der Waals surface area contributed by atoms with Crippen LogP contribution in [0.2, 0.25) is 0 Å². The van der Waals surface area contributed by atoms with Gasteiger partial charge in [0.1, 0.15) is 35.7 Å². The average Bonchev–Trinajstić information content (AvgIpc) is 3.16. The highest BCUT2D eigenvalue weighted by Gasteiger charge is 2.36. The molecule has 0 aliphatic heterocycles. The second-order valence-corrected chi connectivity index (χ2v) is 7.19. The lowest BCUT2D eigenvalue weighted by Crippen LogP contribution is -2.32. The SMILES string of the molecule is CCOc1ccc(OC[C@H](O)CN(C)Cc2ccc([C@@H]3C[C@H]3C)o2)cc1.